The Morgan fingerprint density at radius 1 is 1.25 bits per heavy atom. The van der Waals surface area contributed by atoms with Crippen LogP contribution in [0.4, 0.5) is 0 Å². The van der Waals surface area contributed by atoms with Gasteiger partial charge >= 0.3 is 11.9 Å². The van der Waals surface area contributed by atoms with Crippen LogP contribution >= 0.6 is 11.6 Å². The average molecular weight is 349 g/mol. The van der Waals surface area contributed by atoms with Gasteiger partial charge in [-0.15, -0.1) is 11.6 Å². The van der Waals surface area contributed by atoms with Crippen molar-refractivity contribution in [2.45, 2.75) is 56.9 Å². The van der Waals surface area contributed by atoms with Gasteiger partial charge in [0.15, 0.2) is 11.4 Å². The van der Waals surface area contributed by atoms with E-state index in [1.165, 1.54) is 0 Å². The molecule has 2 aliphatic rings. The molecule has 1 heterocycles. The molecule has 1 aliphatic carbocycles. The van der Waals surface area contributed by atoms with Gasteiger partial charge in [0.05, 0.1) is 0 Å². The number of esters is 2. The molecule has 1 fully saturated rings. The molecule has 1 aliphatic heterocycles. The largest absolute Gasteiger partial charge is 0.447 e. The van der Waals surface area contributed by atoms with E-state index in [-0.39, 0.29) is 0 Å². The van der Waals surface area contributed by atoms with Crippen molar-refractivity contribution in [2.75, 3.05) is 0 Å². The summed E-state index contributed by atoms with van der Waals surface area (Å²) in [5.41, 5.74) is 1.22. The van der Waals surface area contributed by atoms with E-state index in [2.05, 4.69) is 0 Å². The van der Waals surface area contributed by atoms with Crippen LogP contribution in [0.15, 0.2) is 30.0 Å². The molecule has 1 spiro atoms. The summed E-state index contributed by atoms with van der Waals surface area (Å²) >= 11 is 5.87. The molecule has 0 N–H and O–H groups in total. The summed E-state index contributed by atoms with van der Waals surface area (Å²) in [6.07, 6.45) is 4.31. The lowest BCUT2D eigenvalue weighted by atomic mass is 9.82. The molecule has 4 nitrogen and oxygen atoms in total. The van der Waals surface area contributed by atoms with Crippen molar-refractivity contribution in [3.05, 3.63) is 41.2 Å². The fourth-order valence-electron chi connectivity index (χ4n) is 3.46. The van der Waals surface area contributed by atoms with E-state index in [1.54, 1.807) is 6.92 Å². The first-order valence-electron chi connectivity index (χ1n) is 8.34. The van der Waals surface area contributed by atoms with Crippen LogP contribution in [0.2, 0.25) is 0 Å². The molecule has 128 valence electrons. The number of alkyl halides is 1. The zero-order valence-corrected chi connectivity index (χ0v) is 14.7. The van der Waals surface area contributed by atoms with E-state index in [4.69, 9.17) is 21.1 Å². The van der Waals surface area contributed by atoms with E-state index in [1.807, 2.05) is 31.2 Å². The maximum absolute atomic E-state index is 12.7. The minimum atomic E-state index is -0.825. The fraction of sp³-hybridized carbons (Fsp3) is 0.474. The molecule has 5 heteroatoms. The molecule has 0 aromatic heterocycles. The van der Waals surface area contributed by atoms with E-state index in [0.29, 0.717) is 24.2 Å². The maximum Gasteiger partial charge on any atom is 0.343 e. The number of carbonyl (C=O) groups excluding carboxylic acids is 2. The molecular weight excluding hydrogens is 328 g/mol. The van der Waals surface area contributed by atoms with Crippen LogP contribution in [0.25, 0.3) is 5.57 Å². The highest BCUT2D eigenvalue weighted by molar-refractivity contribution is 6.30. The Labute approximate surface area is 146 Å². The molecule has 0 radical (unpaired) electrons. The first-order chi connectivity index (χ1) is 11.4. The minimum absolute atomic E-state index is 0.346. The van der Waals surface area contributed by atoms with Crippen LogP contribution in [0.3, 0.4) is 0 Å². The second-order valence-corrected chi connectivity index (χ2v) is 7.16. The van der Waals surface area contributed by atoms with Crippen molar-refractivity contribution in [3.8, 4) is 0 Å². The van der Waals surface area contributed by atoms with Crippen molar-refractivity contribution in [1.82, 2.24) is 0 Å². The quantitative estimate of drug-likeness (QED) is 0.608. The van der Waals surface area contributed by atoms with Crippen LogP contribution in [0.1, 0.15) is 50.2 Å². The Morgan fingerprint density at radius 3 is 2.54 bits per heavy atom. The summed E-state index contributed by atoms with van der Waals surface area (Å²) in [4.78, 5) is 24.8. The number of halogens is 1. The third-order valence-corrected chi connectivity index (χ3v) is 4.91. The predicted molar refractivity (Wildman–Crippen MR) is 91.4 cm³/mol. The SMILES string of the molecule is Cc1ccccc1C1=C(OC(=O)C(C)Cl)C2(CCCCC2)OC1=O. The topological polar surface area (TPSA) is 52.6 Å². The van der Waals surface area contributed by atoms with E-state index in [9.17, 15) is 9.59 Å². The van der Waals surface area contributed by atoms with Crippen LogP contribution in [0, 0.1) is 6.92 Å². The molecule has 3 rings (SSSR count). The number of hydrogen-bond donors (Lipinski definition) is 0. The van der Waals surface area contributed by atoms with Gasteiger partial charge in [0, 0.05) is 0 Å². The number of aryl methyl sites for hydroxylation is 1. The van der Waals surface area contributed by atoms with Gasteiger partial charge in [-0.25, -0.2) is 4.79 Å². The fourth-order valence-corrected chi connectivity index (χ4v) is 3.50. The van der Waals surface area contributed by atoms with Crippen LogP contribution < -0.4 is 0 Å². The number of carbonyl (C=O) groups is 2. The Morgan fingerprint density at radius 2 is 1.92 bits per heavy atom. The minimum Gasteiger partial charge on any atom is -0.447 e. The molecule has 1 unspecified atom stereocenters. The summed E-state index contributed by atoms with van der Waals surface area (Å²) in [6, 6.07) is 7.54. The second-order valence-electron chi connectivity index (χ2n) is 6.50. The van der Waals surface area contributed by atoms with Gasteiger partial charge in [-0.1, -0.05) is 30.7 Å². The smallest absolute Gasteiger partial charge is 0.343 e. The molecule has 0 saturated heterocycles. The average Bonchev–Trinajstić information content (AvgIpc) is 2.80. The first-order valence-corrected chi connectivity index (χ1v) is 8.78. The Bertz CT molecular complexity index is 699. The summed E-state index contributed by atoms with van der Waals surface area (Å²) < 4.78 is 11.4. The third kappa shape index (κ3) is 2.95. The summed E-state index contributed by atoms with van der Waals surface area (Å²) in [5, 5.41) is -0.785. The van der Waals surface area contributed by atoms with Crippen molar-refractivity contribution in [1.29, 1.82) is 0 Å². The first kappa shape index (κ1) is 17.0. The molecule has 24 heavy (non-hydrogen) atoms. The summed E-state index contributed by atoms with van der Waals surface area (Å²) in [7, 11) is 0. The normalized spacial score (nSPS) is 20.9. The van der Waals surface area contributed by atoms with E-state index < -0.39 is 22.9 Å². The maximum atomic E-state index is 12.7. The van der Waals surface area contributed by atoms with Crippen LogP contribution in [-0.2, 0) is 19.1 Å². The van der Waals surface area contributed by atoms with Gasteiger partial charge in [0.1, 0.15) is 11.0 Å². The Hall–Kier alpha value is -1.81. The zero-order valence-electron chi connectivity index (χ0n) is 13.9. The highest BCUT2D eigenvalue weighted by Crippen LogP contribution is 2.47. The number of hydrogen-bond acceptors (Lipinski definition) is 4. The van der Waals surface area contributed by atoms with Gasteiger partial charge in [0.25, 0.3) is 0 Å². The molecule has 0 bridgehead atoms. The summed E-state index contributed by atoms with van der Waals surface area (Å²) in [5.74, 6) is -0.628. The van der Waals surface area contributed by atoms with E-state index in [0.717, 1.165) is 30.4 Å². The van der Waals surface area contributed by atoms with Crippen LogP contribution in [0.5, 0.6) is 0 Å². The number of rotatable bonds is 3. The molecule has 1 atom stereocenters. The molecule has 1 saturated carbocycles. The van der Waals surface area contributed by atoms with Gasteiger partial charge in [-0.2, -0.15) is 0 Å². The Kier molecular flexibility index (Phi) is 4.68. The van der Waals surface area contributed by atoms with Crippen LogP contribution in [-0.4, -0.2) is 22.9 Å². The highest BCUT2D eigenvalue weighted by Gasteiger charge is 2.51. The standard InChI is InChI=1S/C19H21ClO4/c1-12-8-4-5-9-14(12)15-16(23-17(21)13(2)20)19(24-18(15)22)10-6-3-7-11-19/h4-5,8-9,13H,3,6-7,10-11H2,1-2H3. The van der Waals surface area contributed by atoms with Crippen molar-refractivity contribution >= 4 is 29.1 Å². The monoisotopic (exact) mass is 348 g/mol. The van der Waals surface area contributed by atoms with E-state index >= 15 is 0 Å². The second kappa shape index (κ2) is 6.60. The van der Waals surface area contributed by atoms with Gasteiger partial charge < -0.3 is 9.47 Å². The van der Waals surface area contributed by atoms with Gasteiger partial charge in [-0.05, 0) is 50.7 Å². The Balaban J connectivity index is 2.13. The zero-order chi connectivity index (χ0) is 17.3. The highest BCUT2D eigenvalue weighted by atomic mass is 35.5. The molecular formula is C19H21ClO4. The number of benzene rings is 1. The molecule has 1 aromatic rings. The molecule has 0 amide bonds. The van der Waals surface area contributed by atoms with Crippen molar-refractivity contribution in [2.24, 2.45) is 0 Å². The third-order valence-electron chi connectivity index (χ3n) is 4.74. The van der Waals surface area contributed by atoms with Gasteiger partial charge in [0.2, 0.25) is 0 Å². The lowest BCUT2D eigenvalue weighted by Crippen LogP contribution is -2.36. The molecule has 1 aromatic carbocycles. The number of ether oxygens (including phenoxy) is 2. The van der Waals surface area contributed by atoms with Crippen molar-refractivity contribution in [3.63, 3.8) is 0 Å². The summed E-state index contributed by atoms with van der Waals surface area (Å²) in [6.45, 7) is 3.48. The lowest BCUT2D eigenvalue weighted by Gasteiger charge is -2.33. The van der Waals surface area contributed by atoms with Crippen molar-refractivity contribution < 1.29 is 19.1 Å². The predicted octanol–water partition coefficient (Wildman–Crippen LogP) is 4.14. The van der Waals surface area contributed by atoms with Gasteiger partial charge in [-0.3, -0.25) is 4.79 Å². The lowest BCUT2D eigenvalue weighted by molar-refractivity contribution is -0.155.